The summed E-state index contributed by atoms with van der Waals surface area (Å²) in [6.45, 7) is 1.01. The van der Waals surface area contributed by atoms with Crippen molar-refractivity contribution in [1.82, 2.24) is 4.90 Å². The van der Waals surface area contributed by atoms with Crippen molar-refractivity contribution in [2.75, 3.05) is 11.9 Å². The van der Waals surface area contributed by atoms with Crippen molar-refractivity contribution in [2.24, 2.45) is 0 Å². The van der Waals surface area contributed by atoms with Crippen molar-refractivity contribution in [1.29, 1.82) is 0 Å². The topological polar surface area (TPSA) is 78.9 Å². The van der Waals surface area contributed by atoms with E-state index in [9.17, 15) is 14.7 Å². The summed E-state index contributed by atoms with van der Waals surface area (Å²) in [5, 5.41) is 12.1. The van der Waals surface area contributed by atoms with E-state index in [1.807, 2.05) is 60.7 Å². The van der Waals surface area contributed by atoms with E-state index in [-0.39, 0.29) is 17.6 Å². The van der Waals surface area contributed by atoms with Crippen LogP contribution in [0.2, 0.25) is 0 Å². The Labute approximate surface area is 226 Å². The summed E-state index contributed by atoms with van der Waals surface area (Å²) in [7, 11) is 0. The fourth-order valence-corrected chi connectivity index (χ4v) is 5.09. The van der Waals surface area contributed by atoms with Crippen LogP contribution in [0.4, 0.5) is 5.69 Å². The molecule has 0 radical (unpaired) electrons. The predicted octanol–water partition coefficient (Wildman–Crippen LogP) is 6.37. The first-order chi connectivity index (χ1) is 18.0. The molecule has 0 aromatic heterocycles. The highest BCUT2D eigenvalue weighted by Gasteiger charge is 2.31. The second kappa shape index (κ2) is 13.1. The number of aromatic hydroxyl groups is 1. The Balaban J connectivity index is 1.22. The highest BCUT2D eigenvalue weighted by molar-refractivity contribution is 8.26. The van der Waals surface area contributed by atoms with Gasteiger partial charge in [-0.25, -0.2) is 0 Å². The van der Waals surface area contributed by atoms with Gasteiger partial charge in [-0.3, -0.25) is 14.5 Å². The quantitative estimate of drug-likeness (QED) is 0.129. The van der Waals surface area contributed by atoms with E-state index >= 15 is 0 Å². The summed E-state index contributed by atoms with van der Waals surface area (Å²) >= 11 is 6.76. The van der Waals surface area contributed by atoms with Gasteiger partial charge in [0.1, 0.15) is 22.4 Å². The summed E-state index contributed by atoms with van der Waals surface area (Å²) in [5.74, 6) is 0.734. The Morgan fingerprint density at radius 2 is 1.78 bits per heavy atom. The van der Waals surface area contributed by atoms with Gasteiger partial charge in [-0.05, 0) is 66.4 Å². The highest BCUT2D eigenvalue weighted by atomic mass is 32.2. The molecule has 4 rings (SSSR count). The van der Waals surface area contributed by atoms with Crippen molar-refractivity contribution in [2.45, 2.75) is 32.3 Å². The minimum Gasteiger partial charge on any atom is -0.508 e. The van der Waals surface area contributed by atoms with Crippen LogP contribution >= 0.6 is 24.0 Å². The minimum atomic E-state index is -0.0873. The number of hydrogen-bond donors (Lipinski definition) is 2. The van der Waals surface area contributed by atoms with E-state index < -0.39 is 0 Å². The molecular formula is C29H28N2O4S2. The van der Waals surface area contributed by atoms with Gasteiger partial charge in [0.05, 0.1) is 4.91 Å². The van der Waals surface area contributed by atoms with Crippen LogP contribution in [0, 0.1) is 0 Å². The first-order valence-electron chi connectivity index (χ1n) is 12.1. The van der Waals surface area contributed by atoms with Gasteiger partial charge in [-0.1, -0.05) is 72.9 Å². The Kier molecular flexibility index (Phi) is 9.35. The number of ether oxygens (including phenoxy) is 1. The largest absolute Gasteiger partial charge is 0.508 e. The molecule has 1 heterocycles. The standard InChI is InChI=1S/C29H28N2O4S2/c32-24-15-13-23(14-16-24)30-27(33)12-5-2-6-17-31-28(34)26(37-29(31)36)19-22-10-7-11-25(18-22)35-20-21-8-3-1-4-9-21/h1,3-4,7-11,13-16,18-19,32H,2,5-6,12,17,20H2,(H,30,33)/b26-19-. The van der Waals surface area contributed by atoms with Gasteiger partial charge in [-0.15, -0.1) is 0 Å². The third-order valence-corrected chi connectivity index (χ3v) is 7.09. The number of anilines is 1. The first kappa shape index (κ1) is 26.4. The number of thioether (sulfide) groups is 1. The third kappa shape index (κ3) is 7.93. The lowest BCUT2D eigenvalue weighted by atomic mass is 10.1. The Hall–Kier alpha value is -3.62. The molecule has 3 aromatic carbocycles. The zero-order valence-corrected chi connectivity index (χ0v) is 21.9. The molecule has 3 aromatic rings. The van der Waals surface area contributed by atoms with Crippen LogP contribution in [0.25, 0.3) is 6.08 Å². The molecule has 0 saturated carbocycles. The van der Waals surface area contributed by atoms with Crippen LogP contribution in [-0.4, -0.2) is 32.7 Å². The van der Waals surface area contributed by atoms with E-state index in [1.165, 1.54) is 23.9 Å². The van der Waals surface area contributed by atoms with Gasteiger partial charge in [0.25, 0.3) is 5.91 Å². The fourth-order valence-electron chi connectivity index (χ4n) is 3.78. The van der Waals surface area contributed by atoms with Crippen LogP contribution in [0.3, 0.4) is 0 Å². The van der Waals surface area contributed by atoms with E-state index in [2.05, 4.69) is 5.32 Å². The fraction of sp³-hybridized carbons (Fsp3) is 0.207. The number of hydrogen-bond acceptors (Lipinski definition) is 6. The summed E-state index contributed by atoms with van der Waals surface area (Å²) < 4.78 is 6.45. The normalized spacial score (nSPS) is 14.3. The van der Waals surface area contributed by atoms with Crippen LogP contribution in [0.1, 0.15) is 36.8 Å². The molecule has 0 aliphatic carbocycles. The number of carbonyl (C=O) groups is 2. The molecule has 8 heteroatoms. The van der Waals surface area contributed by atoms with Crippen molar-refractivity contribution in [3.63, 3.8) is 0 Å². The van der Waals surface area contributed by atoms with Gasteiger partial charge >= 0.3 is 0 Å². The number of rotatable bonds is 11. The number of nitrogens with one attached hydrogen (secondary N) is 1. The monoisotopic (exact) mass is 532 g/mol. The predicted molar refractivity (Wildman–Crippen MR) is 152 cm³/mol. The van der Waals surface area contributed by atoms with Crippen LogP contribution < -0.4 is 10.1 Å². The van der Waals surface area contributed by atoms with Gasteiger partial charge < -0.3 is 15.2 Å². The van der Waals surface area contributed by atoms with Gasteiger partial charge in [0.2, 0.25) is 5.91 Å². The van der Waals surface area contributed by atoms with Crippen LogP contribution in [0.15, 0.2) is 83.8 Å². The van der Waals surface area contributed by atoms with Crippen LogP contribution in [0.5, 0.6) is 11.5 Å². The third-order valence-electron chi connectivity index (χ3n) is 5.71. The maximum atomic E-state index is 13.0. The zero-order chi connectivity index (χ0) is 26.0. The number of phenols is 1. The summed E-state index contributed by atoms with van der Waals surface area (Å²) in [6.07, 6.45) is 4.52. The highest BCUT2D eigenvalue weighted by Crippen LogP contribution is 2.33. The molecule has 1 aliphatic rings. The summed E-state index contributed by atoms with van der Waals surface area (Å²) in [5.41, 5.74) is 2.62. The molecule has 0 spiro atoms. The van der Waals surface area contributed by atoms with E-state index in [0.29, 0.717) is 40.9 Å². The average molecular weight is 533 g/mol. The lowest BCUT2D eigenvalue weighted by Gasteiger charge is -2.14. The number of phenolic OH excluding ortho intramolecular Hbond substituents is 1. The number of thiocarbonyl (C=S) groups is 1. The van der Waals surface area contributed by atoms with E-state index in [1.54, 1.807) is 17.0 Å². The maximum absolute atomic E-state index is 13.0. The zero-order valence-electron chi connectivity index (χ0n) is 20.3. The molecule has 1 fully saturated rings. The van der Waals surface area contributed by atoms with E-state index in [4.69, 9.17) is 17.0 Å². The molecule has 190 valence electrons. The van der Waals surface area contributed by atoms with Crippen molar-refractivity contribution in [3.8, 4) is 11.5 Å². The Morgan fingerprint density at radius 1 is 1.00 bits per heavy atom. The second-order valence-corrected chi connectivity index (χ2v) is 10.3. The molecule has 6 nitrogen and oxygen atoms in total. The van der Waals surface area contributed by atoms with Crippen molar-refractivity contribution >= 4 is 51.9 Å². The average Bonchev–Trinajstić information content (AvgIpc) is 3.16. The van der Waals surface area contributed by atoms with Crippen LogP contribution in [-0.2, 0) is 16.2 Å². The lowest BCUT2D eigenvalue weighted by molar-refractivity contribution is -0.122. The summed E-state index contributed by atoms with van der Waals surface area (Å²) in [4.78, 5) is 27.3. The smallest absolute Gasteiger partial charge is 0.266 e. The Bertz CT molecular complexity index is 1280. The molecular weight excluding hydrogens is 504 g/mol. The molecule has 0 unspecified atom stereocenters. The number of unbranched alkanes of at least 4 members (excludes halogenated alkanes) is 2. The Morgan fingerprint density at radius 3 is 2.57 bits per heavy atom. The van der Waals surface area contributed by atoms with Gasteiger partial charge in [0.15, 0.2) is 0 Å². The molecule has 0 atom stereocenters. The second-order valence-electron chi connectivity index (χ2n) is 8.59. The first-order valence-corrected chi connectivity index (χ1v) is 13.3. The molecule has 37 heavy (non-hydrogen) atoms. The van der Waals surface area contributed by atoms with Crippen molar-refractivity contribution in [3.05, 3.63) is 94.9 Å². The van der Waals surface area contributed by atoms with Gasteiger partial charge in [-0.2, -0.15) is 0 Å². The number of nitrogens with zero attached hydrogens (tertiary/aromatic N) is 1. The molecule has 1 aliphatic heterocycles. The van der Waals surface area contributed by atoms with Gasteiger partial charge in [0, 0.05) is 18.7 Å². The molecule has 1 saturated heterocycles. The number of carbonyl (C=O) groups excluding carboxylic acids is 2. The lowest BCUT2D eigenvalue weighted by Crippen LogP contribution is -2.29. The minimum absolute atomic E-state index is 0.0748. The SMILES string of the molecule is O=C(CCCCCN1C(=O)/C(=C/c2cccc(OCc3ccccc3)c2)SC1=S)Nc1ccc(O)cc1. The number of benzene rings is 3. The maximum Gasteiger partial charge on any atom is 0.266 e. The number of amides is 2. The molecule has 0 bridgehead atoms. The van der Waals surface area contributed by atoms with Crippen molar-refractivity contribution < 1.29 is 19.4 Å². The van der Waals surface area contributed by atoms with E-state index in [0.717, 1.165) is 29.7 Å². The molecule has 2 N–H and O–H groups in total. The molecule has 2 amide bonds. The summed E-state index contributed by atoms with van der Waals surface area (Å²) in [6, 6.07) is 24.0.